The van der Waals surface area contributed by atoms with Crippen LogP contribution in [0.5, 0.6) is 0 Å². The molecule has 0 saturated heterocycles. The van der Waals surface area contributed by atoms with Gasteiger partial charge in [-0.15, -0.1) is 0 Å². The van der Waals surface area contributed by atoms with E-state index in [4.69, 9.17) is 10.4 Å². The van der Waals surface area contributed by atoms with Crippen molar-refractivity contribution in [3.8, 4) is 0 Å². The first-order valence-corrected chi connectivity index (χ1v) is 1.73. The van der Waals surface area contributed by atoms with Crippen LogP contribution in [0.3, 0.4) is 0 Å². The van der Waals surface area contributed by atoms with E-state index in [1.165, 1.54) is 0 Å². The molecule has 0 aliphatic carbocycles. The van der Waals surface area contributed by atoms with Gasteiger partial charge in [-0.25, -0.2) is 4.79 Å². The van der Waals surface area contributed by atoms with Crippen LogP contribution in [0.25, 0.3) is 0 Å². The summed E-state index contributed by atoms with van der Waals surface area (Å²) in [6.45, 7) is 0. The second-order valence-electron chi connectivity index (χ2n) is 1.03. The van der Waals surface area contributed by atoms with Crippen molar-refractivity contribution >= 4 is 11.9 Å². The molecule has 0 aliphatic rings. The average Bonchev–Trinajstić information content (AvgIpc) is 1.65. The Bertz CT molecular complexity index is 106. The number of hydrogen-bond donors (Lipinski definition) is 2. The van der Waals surface area contributed by atoms with E-state index in [0.29, 0.717) is 0 Å². The maximum atomic E-state index is 9.77. The summed E-state index contributed by atoms with van der Waals surface area (Å²) in [6.07, 6.45) is -0.809. The van der Waals surface area contributed by atoms with Crippen LogP contribution in [-0.4, -0.2) is 22.3 Å². The Morgan fingerprint density at radius 1 is 1.50 bits per heavy atom. The molecule has 8 heavy (non-hydrogen) atoms. The topological polar surface area (TPSA) is 83.8 Å². The normalized spacial score (nSPS) is 8.12. The highest BCUT2D eigenvalue weighted by atomic mass is 17.1. The number of carboxylic acid groups (broad SMARTS) is 1. The molecule has 5 heteroatoms. The monoisotopic (exact) mass is 120 g/mol. The van der Waals surface area contributed by atoms with Crippen LogP contribution in [0.4, 0.5) is 0 Å². The lowest BCUT2D eigenvalue weighted by atomic mass is 10.5. The Kier molecular flexibility index (Phi) is 2.57. The third kappa shape index (κ3) is 3.10. The molecule has 0 bridgehead atoms. The molecule has 0 fully saturated rings. The van der Waals surface area contributed by atoms with Crippen LogP contribution < -0.4 is 0 Å². The Labute approximate surface area is 44.4 Å². The zero-order chi connectivity index (χ0) is 6.57. The first-order chi connectivity index (χ1) is 3.66. The van der Waals surface area contributed by atoms with Gasteiger partial charge in [0, 0.05) is 0 Å². The van der Waals surface area contributed by atoms with Crippen molar-refractivity contribution < 1.29 is 24.8 Å². The Morgan fingerprint density at radius 3 is 2.12 bits per heavy atom. The molecule has 0 atom stereocenters. The maximum Gasteiger partial charge on any atom is 0.353 e. The van der Waals surface area contributed by atoms with Crippen LogP contribution in [0.2, 0.25) is 0 Å². The van der Waals surface area contributed by atoms with Gasteiger partial charge >= 0.3 is 11.9 Å². The molecule has 0 aromatic carbocycles. The highest BCUT2D eigenvalue weighted by Gasteiger charge is 2.06. The Morgan fingerprint density at radius 2 is 2.00 bits per heavy atom. The zero-order valence-corrected chi connectivity index (χ0v) is 3.83. The van der Waals surface area contributed by atoms with Crippen molar-refractivity contribution in [2.24, 2.45) is 0 Å². The van der Waals surface area contributed by atoms with Gasteiger partial charge in [-0.1, -0.05) is 0 Å². The summed E-state index contributed by atoms with van der Waals surface area (Å²) in [6, 6.07) is 0. The summed E-state index contributed by atoms with van der Waals surface area (Å²) in [5.74, 6) is -2.50. The van der Waals surface area contributed by atoms with Gasteiger partial charge in [-0.2, -0.15) is 5.26 Å². The molecule has 0 amide bonds. The molecule has 0 saturated carbocycles. The van der Waals surface area contributed by atoms with E-state index in [1.807, 2.05) is 0 Å². The predicted octanol–water partition coefficient (Wildman–Crippen LogP) is -0.523. The van der Waals surface area contributed by atoms with E-state index in [9.17, 15) is 9.59 Å². The van der Waals surface area contributed by atoms with Crippen LogP contribution in [0, 0.1) is 0 Å². The van der Waals surface area contributed by atoms with Crippen molar-refractivity contribution in [3.63, 3.8) is 0 Å². The summed E-state index contributed by atoms with van der Waals surface area (Å²) in [7, 11) is 0. The number of carbonyl (C=O) groups excluding carboxylic acids is 1. The number of carbonyl (C=O) groups is 2. The number of hydrogen-bond acceptors (Lipinski definition) is 4. The lowest BCUT2D eigenvalue weighted by Gasteiger charge is -1.87. The molecule has 0 unspecified atom stereocenters. The molecule has 0 rings (SSSR count). The van der Waals surface area contributed by atoms with Crippen LogP contribution in [0.1, 0.15) is 6.42 Å². The first-order valence-electron chi connectivity index (χ1n) is 1.73. The fourth-order valence-corrected chi connectivity index (χ4v) is 0.156. The van der Waals surface area contributed by atoms with E-state index in [2.05, 4.69) is 4.89 Å². The maximum absolute atomic E-state index is 9.77. The standard InChI is InChI=1S/C3H4O5/c4-2(5)1-3(6)8-7/h7H,1H2,(H,4,5). The molecule has 0 aromatic heterocycles. The summed E-state index contributed by atoms with van der Waals surface area (Å²) >= 11 is 0. The van der Waals surface area contributed by atoms with Gasteiger partial charge in [0.2, 0.25) is 0 Å². The molecule has 0 heterocycles. The van der Waals surface area contributed by atoms with E-state index >= 15 is 0 Å². The van der Waals surface area contributed by atoms with Crippen LogP contribution in [0.15, 0.2) is 0 Å². The van der Waals surface area contributed by atoms with Crippen LogP contribution in [-0.2, 0) is 14.5 Å². The van der Waals surface area contributed by atoms with Crippen molar-refractivity contribution in [2.45, 2.75) is 6.42 Å². The fraction of sp³-hybridized carbons (Fsp3) is 0.333. The Balaban J connectivity index is 3.40. The van der Waals surface area contributed by atoms with Gasteiger partial charge in [-0.3, -0.25) is 4.79 Å². The quantitative estimate of drug-likeness (QED) is 0.291. The van der Waals surface area contributed by atoms with Crippen molar-refractivity contribution in [2.75, 3.05) is 0 Å². The summed E-state index contributed by atoms with van der Waals surface area (Å²) in [5.41, 5.74) is 0. The summed E-state index contributed by atoms with van der Waals surface area (Å²) in [4.78, 5) is 22.4. The molecule has 0 aliphatic heterocycles. The number of aliphatic carboxylic acids is 1. The third-order valence-electron chi connectivity index (χ3n) is 0.397. The molecule has 0 spiro atoms. The zero-order valence-electron chi connectivity index (χ0n) is 3.83. The lowest BCUT2D eigenvalue weighted by molar-refractivity contribution is -0.234. The first kappa shape index (κ1) is 6.90. The van der Waals surface area contributed by atoms with Crippen molar-refractivity contribution in [1.29, 1.82) is 0 Å². The van der Waals surface area contributed by atoms with Gasteiger partial charge in [0.1, 0.15) is 6.42 Å². The minimum Gasteiger partial charge on any atom is -0.481 e. The minimum atomic E-state index is -1.33. The minimum absolute atomic E-state index is 0.809. The molecule has 0 aromatic rings. The van der Waals surface area contributed by atoms with E-state index in [0.717, 1.165) is 0 Å². The van der Waals surface area contributed by atoms with Gasteiger partial charge in [0.05, 0.1) is 0 Å². The lowest BCUT2D eigenvalue weighted by Crippen LogP contribution is -2.07. The molecule has 2 N–H and O–H groups in total. The molecule has 5 nitrogen and oxygen atoms in total. The highest BCUT2D eigenvalue weighted by molar-refractivity contribution is 5.89. The SMILES string of the molecule is O=C(O)CC(=O)OO. The van der Waals surface area contributed by atoms with Gasteiger partial charge in [0.15, 0.2) is 0 Å². The number of rotatable bonds is 2. The fourth-order valence-electron chi connectivity index (χ4n) is 0.156. The van der Waals surface area contributed by atoms with Crippen molar-refractivity contribution in [1.82, 2.24) is 0 Å². The third-order valence-corrected chi connectivity index (χ3v) is 0.397. The second kappa shape index (κ2) is 2.98. The second-order valence-corrected chi connectivity index (χ2v) is 1.03. The largest absolute Gasteiger partial charge is 0.481 e. The summed E-state index contributed by atoms with van der Waals surface area (Å²) in [5, 5.41) is 15.3. The van der Waals surface area contributed by atoms with Crippen LogP contribution >= 0.6 is 0 Å². The number of carboxylic acids is 1. The summed E-state index contributed by atoms with van der Waals surface area (Å²) < 4.78 is 0. The molecule has 0 radical (unpaired) electrons. The molecular formula is C3H4O5. The smallest absolute Gasteiger partial charge is 0.353 e. The van der Waals surface area contributed by atoms with E-state index in [-0.39, 0.29) is 0 Å². The molecular weight excluding hydrogens is 116 g/mol. The average molecular weight is 120 g/mol. The van der Waals surface area contributed by atoms with Crippen molar-refractivity contribution in [3.05, 3.63) is 0 Å². The highest BCUT2D eigenvalue weighted by Crippen LogP contribution is 1.80. The van der Waals surface area contributed by atoms with Gasteiger partial charge in [-0.05, 0) is 0 Å². The van der Waals surface area contributed by atoms with E-state index in [1.54, 1.807) is 0 Å². The Hall–Kier alpha value is -1.10. The van der Waals surface area contributed by atoms with Gasteiger partial charge in [0.25, 0.3) is 0 Å². The van der Waals surface area contributed by atoms with E-state index < -0.39 is 18.4 Å². The predicted molar refractivity (Wildman–Crippen MR) is 21.0 cm³/mol. The van der Waals surface area contributed by atoms with Gasteiger partial charge < -0.3 is 9.99 Å². The molecule has 46 valence electrons.